The number of amides is 4. The number of aromatic hydroxyl groups is 1. The molecule has 40 heavy (non-hydrogen) atoms. The van der Waals surface area contributed by atoms with Crippen molar-refractivity contribution in [3.05, 3.63) is 70.0 Å². The predicted molar refractivity (Wildman–Crippen MR) is 154 cm³/mol. The Balaban J connectivity index is 1.40. The molecule has 4 amide bonds. The molecule has 2 aromatic rings. The van der Waals surface area contributed by atoms with Gasteiger partial charge in [0.05, 0.1) is 10.7 Å². The first-order chi connectivity index (χ1) is 19.2. The third-order valence-electron chi connectivity index (χ3n) is 6.81. The summed E-state index contributed by atoms with van der Waals surface area (Å²) in [5, 5.41) is 12.8. The number of phenolic OH excluding ortho intramolecular Hbond substituents is 1. The molecule has 0 saturated carbocycles. The van der Waals surface area contributed by atoms with E-state index in [0.29, 0.717) is 42.5 Å². The fourth-order valence-electron chi connectivity index (χ4n) is 4.68. The van der Waals surface area contributed by atoms with Crippen molar-refractivity contribution in [1.82, 2.24) is 14.7 Å². The Morgan fingerprint density at radius 2 is 1.98 bits per heavy atom. The van der Waals surface area contributed by atoms with E-state index in [-0.39, 0.29) is 24.2 Å². The number of carbonyl (C=O) groups excluding carboxylic acids is 3. The summed E-state index contributed by atoms with van der Waals surface area (Å²) in [6.45, 7) is 1.38. The van der Waals surface area contributed by atoms with Crippen LogP contribution in [0.1, 0.15) is 24.0 Å². The molecule has 2 aromatic carbocycles. The van der Waals surface area contributed by atoms with Gasteiger partial charge in [0.15, 0.2) is 6.10 Å². The second-order valence-corrected chi connectivity index (χ2v) is 10.8. The van der Waals surface area contributed by atoms with E-state index in [1.165, 1.54) is 6.07 Å². The molecule has 0 spiro atoms. The number of ether oxygens (including phenoxy) is 1. The average molecular weight is 611 g/mol. The fourth-order valence-corrected chi connectivity index (χ4v) is 5.11. The predicted octanol–water partition coefficient (Wildman–Crippen LogP) is 4.18. The number of aliphatic imine (C=N–C) groups is 1. The average Bonchev–Trinajstić information content (AvgIpc) is 3.10. The molecule has 210 valence electrons. The van der Waals surface area contributed by atoms with Crippen LogP contribution in [0, 0.1) is 0 Å². The number of rotatable bonds is 6. The second-order valence-electron chi connectivity index (χ2n) is 9.91. The lowest BCUT2D eigenvalue weighted by molar-refractivity contribution is -0.126. The molecule has 1 saturated heterocycles. The van der Waals surface area contributed by atoms with Crippen LogP contribution in [0.15, 0.2) is 63.9 Å². The van der Waals surface area contributed by atoms with Crippen LogP contribution in [0.4, 0.5) is 15.3 Å². The number of phenols is 1. The quantitative estimate of drug-likeness (QED) is 0.375. The van der Waals surface area contributed by atoms with E-state index in [4.69, 9.17) is 4.74 Å². The summed E-state index contributed by atoms with van der Waals surface area (Å²) in [5.74, 6) is 1.83. The topological polar surface area (TPSA) is 115 Å². The van der Waals surface area contributed by atoms with Crippen molar-refractivity contribution < 1.29 is 24.2 Å². The van der Waals surface area contributed by atoms with Gasteiger partial charge in [0, 0.05) is 57.7 Å². The van der Waals surface area contributed by atoms with E-state index in [1.54, 1.807) is 42.2 Å². The number of urea groups is 1. The lowest BCUT2D eigenvalue weighted by atomic mass is 10.0. The maximum Gasteiger partial charge on any atom is 0.410 e. The monoisotopic (exact) mass is 609 g/mol. The molecule has 0 aliphatic carbocycles. The van der Waals surface area contributed by atoms with Crippen LogP contribution in [-0.2, 0) is 22.4 Å². The summed E-state index contributed by atoms with van der Waals surface area (Å²) in [6.07, 6.45) is 1.76. The third-order valence-corrected chi connectivity index (χ3v) is 7.45. The standard InChI is InChI=1S/C29H32BrN5O5/c1-33(2)14-5-13-31-27(37)26(19-20-8-9-25(36)23(30)18-20)40-29(39)34-15-11-22(12-16-34)35-17-10-21-6-3-4-7-24(21)32-28(35)38/h3-4,6-9,14,18,22,26,36H,10-12,15-17,19H2,1-2H3,(H,32,38)/t26-/m1/s1. The number of carbonyl (C=O) groups is 3. The zero-order valence-electron chi connectivity index (χ0n) is 22.5. The Kier molecular flexibility index (Phi) is 9.66. The van der Waals surface area contributed by atoms with Gasteiger partial charge in [-0.15, -0.1) is 0 Å². The van der Waals surface area contributed by atoms with Crippen molar-refractivity contribution in [2.24, 2.45) is 4.99 Å². The van der Waals surface area contributed by atoms with E-state index in [0.717, 1.165) is 17.7 Å². The summed E-state index contributed by atoms with van der Waals surface area (Å²) in [6, 6.07) is 12.4. The Morgan fingerprint density at radius 1 is 1.23 bits per heavy atom. The fraction of sp³-hybridized carbons (Fsp3) is 0.379. The van der Waals surface area contributed by atoms with Gasteiger partial charge in [-0.1, -0.05) is 24.3 Å². The van der Waals surface area contributed by atoms with Crippen LogP contribution in [0.2, 0.25) is 0 Å². The van der Waals surface area contributed by atoms with Crippen molar-refractivity contribution in [1.29, 1.82) is 0 Å². The molecule has 2 aliphatic heterocycles. The van der Waals surface area contributed by atoms with Crippen molar-refractivity contribution in [2.45, 2.75) is 37.8 Å². The maximum atomic E-state index is 13.1. The third kappa shape index (κ3) is 7.54. The van der Waals surface area contributed by atoms with Crippen molar-refractivity contribution >= 4 is 45.5 Å². The molecule has 2 heterocycles. The Morgan fingerprint density at radius 3 is 2.70 bits per heavy atom. The van der Waals surface area contributed by atoms with E-state index in [1.807, 2.05) is 29.2 Å². The van der Waals surface area contributed by atoms with Crippen LogP contribution < -0.4 is 5.32 Å². The number of para-hydroxylation sites is 1. The zero-order chi connectivity index (χ0) is 28.6. The van der Waals surface area contributed by atoms with Crippen molar-refractivity contribution in [3.63, 3.8) is 0 Å². The summed E-state index contributed by atoms with van der Waals surface area (Å²) in [7, 11) is 3.59. The number of likely N-dealkylation sites (tertiary alicyclic amines) is 1. The highest BCUT2D eigenvalue weighted by Crippen LogP contribution is 2.27. The smallest absolute Gasteiger partial charge is 0.410 e. The molecule has 0 aromatic heterocycles. The summed E-state index contributed by atoms with van der Waals surface area (Å²) in [4.78, 5) is 47.8. The van der Waals surface area contributed by atoms with Crippen molar-refractivity contribution in [2.75, 3.05) is 39.0 Å². The number of fused-ring (bicyclic) bond motifs is 1. The van der Waals surface area contributed by atoms with E-state index >= 15 is 0 Å². The Hall–Kier alpha value is -4.04. The number of benzene rings is 2. The normalized spacial score (nSPS) is 15.9. The van der Waals surface area contributed by atoms with Gasteiger partial charge in [-0.25, -0.2) is 9.59 Å². The molecular formula is C29H32BrN5O5. The molecule has 1 atom stereocenters. The summed E-state index contributed by atoms with van der Waals surface area (Å²) >= 11 is 3.27. The number of hydrogen-bond acceptors (Lipinski definition) is 6. The van der Waals surface area contributed by atoms with Crippen LogP contribution in [0.3, 0.4) is 0 Å². The highest BCUT2D eigenvalue weighted by atomic mass is 79.9. The van der Waals surface area contributed by atoms with Crippen LogP contribution in [0.25, 0.3) is 0 Å². The van der Waals surface area contributed by atoms with Crippen LogP contribution in [0.5, 0.6) is 5.75 Å². The van der Waals surface area contributed by atoms with Gasteiger partial charge in [-0.2, -0.15) is 4.99 Å². The SMILES string of the molecule is CN(C)C=C=C=NC(=O)[C@@H](Cc1ccc(O)c(Br)c1)OC(=O)N1CCC(N2CCc3ccccc3NC2=O)CC1. The number of anilines is 1. The molecule has 2 N–H and O–H groups in total. The number of hydrogen-bond donors (Lipinski definition) is 2. The number of nitrogens with one attached hydrogen (secondary N) is 1. The summed E-state index contributed by atoms with van der Waals surface area (Å²) in [5.41, 5.74) is 5.26. The summed E-state index contributed by atoms with van der Waals surface area (Å²) < 4.78 is 6.11. The molecule has 0 radical (unpaired) electrons. The molecular weight excluding hydrogens is 578 g/mol. The van der Waals surface area contributed by atoms with Gasteiger partial charge in [0.1, 0.15) is 5.75 Å². The van der Waals surface area contributed by atoms with Gasteiger partial charge in [-0.05, 0) is 70.2 Å². The van der Waals surface area contributed by atoms with E-state index in [9.17, 15) is 19.5 Å². The molecule has 2 aliphatic rings. The van der Waals surface area contributed by atoms with Crippen LogP contribution >= 0.6 is 15.9 Å². The molecule has 0 bridgehead atoms. The largest absolute Gasteiger partial charge is 0.507 e. The Labute approximate surface area is 241 Å². The highest BCUT2D eigenvalue weighted by Gasteiger charge is 2.33. The first kappa shape index (κ1) is 29.0. The Bertz CT molecular complexity index is 1360. The number of halogens is 1. The lowest BCUT2D eigenvalue weighted by Crippen LogP contribution is -2.50. The van der Waals surface area contributed by atoms with E-state index in [2.05, 4.69) is 37.8 Å². The lowest BCUT2D eigenvalue weighted by Gasteiger charge is -2.37. The molecule has 10 nitrogen and oxygen atoms in total. The van der Waals surface area contributed by atoms with Gasteiger partial charge in [-0.3, -0.25) is 4.79 Å². The molecule has 0 unspecified atom stereocenters. The van der Waals surface area contributed by atoms with Crippen LogP contribution in [-0.4, -0.2) is 89.6 Å². The van der Waals surface area contributed by atoms with Gasteiger partial charge < -0.3 is 29.9 Å². The number of piperidine rings is 1. The number of nitrogens with zero attached hydrogens (tertiary/aromatic N) is 4. The zero-order valence-corrected chi connectivity index (χ0v) is 24.1. The maximum absolute atomic E-state index is 13.1. The second kappa shape index (κ2) is 13.3. The molecule has 4 rings (SSSR count). The molecule has 1 fully saturated rings. The van der Waals surface area contributed by atoms with Crippen molar-refractivity contribution in [3.8, 4) is 5.75 Å². The first-order valence-electron chi connectivity index (χ1n) is 13.0. The van der Waals surface area contributed by atoms with E-state index < -0.39 is 18.1 Å². The minimum atomic E-state index is -1.19. The van der Waals surface area contributed by atoms with Gasteiger partial charge >= 0.3 is 12.1 Å². The minimum absolute atomic E-state index is 0.0108. The van der Waals surface area contributed by atoms with Gasteiger partial charge in [0.25, 0.3) is 5.91 Å². The minimum Gasteiger partial charge on any atom is -0.507 e. The highest BCUT2D eigenvalue weighted by molar-refractivity contribution is 9.10. The van der Waals surface area contributed by atoms with Gasteiger partial charge in [0.2, 0.25) is 0 Å². The first-order valence-corrected chi connectivity index (χ1v) is 13.8. The molecule has 11 heteroatoms.